The number of hydrogen-bond acceptors (Lipinski definition) is 8. The highest BCUT2D eigenvalue weighted by molar-refractivity contribution is 7.98. The zero-order chi connectivity index (χ0) is 26.8. The first-order valence-electron chi connectivity index (χ1n) is 11.3. The van der Waals surface area contributed by atoms with Gasteiger partial charge in [0, 0.05) is 24.6 Å². The summed E-state index contributed by atoms with van der Waals surface area (Å²) in [4.78, 5) is 54.8. The van der Waals surface area contributed by atoms with Gasteiger partial charge in [0.2, 0.25) is 0 Å². The quantitative estimate of drug-likeness (QED) is 0.221. The number of aromatic nitrogens is 2. The number of H-pyrrole nitrogens is 1. The molecule has 0 spiro atoms. The summed E-state index contributed by atoms with van der Waals surface area (Å²) in [6.45, 7) is -0.544. The molecule has 3 aromatic rings. The number of thioether (sulfide) groups is 1. The number of amides is 1. The Morgan fingerprint density at radius 1 is 1.11 bits per heavy atom. The maximum atomic E-state index is 13.0. The van der Waals surface area contributed by atoms with Crippen molar-refractivity contribution in [1.82, 2.24) is 9.55 Å². The monoisotopic (exact) mass is 524 g/mol. The van der Waals surface area contributed by atoms with Crippen molar-refractivity contribution in [1.29, 1.82) is 0 Å². The van der Waals surface area contributed by atoms with Gasteiger partial charge in [-0.15, -0.1) is 11.8 Å². The number of carbonyl (C=O) groups excluding carboxylic acids is 2. The number of carbonyl (C=O) groups is 2. The molecule has 0 aliphatic heterocycles. The summed E-state index contributed by atoms with van der Waals surface area (Å²) >= 11 is 1.60. The van der Waals surface area contributed by atoms with Crippen LogP contribution in [0.1, 0.15) is 11.1 Å². The van der Waals surface area contributed by atoms with Gasteiger partial charge in [-0.25, -0.2) is 9.59 Å². The summed E-state index contributed by atoms with van der Waals surface area (Å²) in [7, 11) is 1.43. The molecule has 0 fully saturated rings. The van der Waals surface area contributed by atoms with Gasteiger partial charge in [-0.2, -0.15) is 0 Å². The molecule has 0 atom stereocenters. The Kier molecular flexibility index (Phi) is 9.87. The molecule has 10 nitrogen and oxygen atoms in total. The lowest BCUT2D eigenvalue weighted by Crippen LogP contribution is -2.44. The second kappa shape index (κ2) is 13.3. The molecule has 0 unspecified atom stereocenters. The van der Waals surface area contributed by atoms with Crippen molar-refractivity contribution < 1.29 is 19.1 Å². The third-order valence-corrected chi connectivity index (χ3v) is 6.10. The van der Waals surface area contributed by atoms with Crippen molar-refractivity contribution >= 4 is 41.2 Å². The lowest BCUT2D eigenvalue weighted by Gasteiger charge is -2.24. The number of nitrogens with two attached hydrogens (primary N) is 1. The van der Waals surface area contributed by atoms with Crippen molar-refractivity contribution in [3.05, 3.63) is 92.6 Å². The molecule has 0 radical (unpaired) electrons. The minimum absolute atomic E-state index is 0.0542. The highest BCUT2D eigenvalue weighted by Gasteiger charge is 2.25. The average molecular weight is 525 g/mol. The standard InChI is InChI=1S/C26H28N4O6S/c1-35-15-14-29(21(31)17-36-22(32)13-10-18-8-11-20(37-2)12-9-18)23-24(27)30(26(34)28-25(23)33)16-19-6-4-3-5-7-19/h3-13H,14-17,27H2,1-2H3,(H,28,33,34)/b13-10+. The number of aromatic amines is 1. The summed E-state index contributed by atoms with van der Waals surface area (Å²) in [5, 5.41) is 0. The fourth-order valence-corrected chi connectivity index (χ4v) is 3.85. The third-order valence-electron chi connectivity index (χ3n) is 5.35. The zero-order valence-electron chi connectivity index (χ0n) is 20.5. The van der Waals surface area contributed by atoms with E-state index in [-0.39, 0.29) is 31.2 Å². The van der Waals surface area contributed by atoms with E-state index in [4.69, 9.17) is 15.2 Å². The van der Waals surface area contributed by atoms with Crippen molar-refractivity contribution in [2.75, 3.05) is 43.8 Å². The Morgan fingerprint density at radius 2 is 1.81 bits per heavy atom. The molecule has 0 bridgehead atoms. The van der Waals surface area contributed by atoms with Crippen LogP contribution in [0.4, 0.5) is 11.5 Å². The zero-order valence-corrected chi connectivity index (χ0v) is 21.3. The topological polar surface area (TPSA) is 137 Å². The summed E-state index contributed by atoms with van der Waals surface area (Å²) in [5.74, 6) is -1.63. The molecule has 3 N–H and O–H groups in total. The van der Waals surface area contributed by atoms with Crippen LogP contribution in [0.2, 0.25) is 0 Å². The molecule has 1 heterocycles. The van der Waals surface area contributed by atoms with Crippen molar-refractivity contribution in [2.45, 2.75) is 11.4 Å². The van der Waals surface area contributed by atoms with Crippen LogP contribution in [0.5, 0.6) is 0 Å². The highest BCUT2D eigenvalue weighted by atomic mass is 32.2. The smallest absolute Gasteiger partial charge is 0.331 e. The number of nitrogens with zero attached hydrogens (tertiary/aromatic N) is 2. The number of hydrogen-bond donors (Lipinski definition) is 2. The van der Waals surface area contributed by atoms with E-state index in [9.17, 15) is 19.2 Å². The number of rotatable bonds is 11. The van der Waals surface area contributed by atoms with Crippen molar-refractivity contribution in [3.63, 3.8) is 0 Å². The largest absolute Gasteiger partial charge is 0.452 e. The summed E-state index contributed by atoms with van der Waals surface area (Å²) < 4.78 is 11.3. The Labute approximate surface area is 217 Å². The second-order valence-corrected chi connectivity index (χ2v) is 8.70. The van der Waals surface area contributed by atoms with E-state index in [0.29, 0.717) is 0 Å². The van der Waals surface area contributed by atoms with Gasteiger partial charge in [0.05, 0.1) is 13.2 Å². The fourth-order valence-electron chi connectivity index (χ4n) is 3.44. The van der Waals surface area contributed by atoms with Crippen LogP contribution in [0.25, 0.3) is 6.08 Å². The molecular weight excluding hydrogens is 496 g/mol. The molecule has 2 aromatic carbocycles. The van der Waals surface area contributed by atoms with Crippen LogP contribution in [-0.2, 0) is 25.6 Å². The normalized spacial score (nSPS) is 11.0. The van der Waals surface area contributed by atoms with E-state index in [1.54, 1.807) is 42.1 Å². The maximum absolute atomic E-state index is 13.0. The van der Waals surface area contributed by atoms with E-state index in [1.165, 1.54) is 13.2 Å². The first-order valence-corrected chi connectivity index (χ1v) is 12.5. The lowest BCUT2D eigenvalue weighted by molar-refractivity contribution is -0.142. The number of anilines is 2. The minimum atomic E-state index is -0.837. The number of benzene rings is 2. The minimum Gasteiger partial charge on any atom is -0.452 e. The van der Waals surface area contributed by atoms with Gasteiger partial charge in [0.1, 0.15) is 5.82 Å². The van der Waals surface area contributed by atoms with Gasteiger partial charge < -0.3 is 15.2 Å². The van der Waals surface area contributed by atoms with Crippen LogP contribution in [0, 0.1) is 0 Å². The Hall–Kier alpha value is -4.09. The molecule has 1 amide bonds. The molecule has 0 saturated heterocycles. The molecule has 0 aliphatic carbocycles. The Morgan fingerprint density at radius 3 is 2.46 bits per heavy atom. The van der Waals surface area contributed by atoms with E-state index in [2.05, 4.69) is 4.98 Å². The Balaban J connectivity index is 1.79. The van der Waals surface area contributed by atoms with Crippen LogP contribution in [-0.4, -0.2) is 54.6 Å². The van der Waals surface area contributed by atoms with E-state index in [1.807, 2.05) is 36.6 Å². The van der Waals surface area contributed by atoms with Gasteiger partial charge >= 0.3 is 11.7 Å². The molecule has 11 heteroatoms. The van der Waals surface area contributed by atoms with Crippen LogP contribution in [0.3, 0.4) is 0 Å². The number of ether oxygens (including phenoxy) is 2. The first kappa shape index (κ1) is 27.5. The molecule has 194 valence electrons. The van der Waals surface area contributed by atoms with Crippen LogP contribution < -0.4 is 21.9 Å². The van der Waals surface area contributed by atoms with Gasteiger partial charge in [-0.05, 0) is 35.6 Å². The van der Waals surface area contributed by atoms with Crippen LogP contribution >= 0.6 is 11.8 Å². The van der Waals surface area contributed by atoms with Crippen molar-refractivity contribution in [3.8, 4) is 0 Å². The van der Waals surface area contributed by atoms with Gasteiger partial charge in [-0.3, -0.25) is 24.0 Å². The summed E-state index contributed by atoms with van der Waals surface area (Å²) in [6, 6.07) is 16.6. The lowest BCUT2D eigenvalue weighted by atomic mass is 10.2. The molecule has 0 aliphatic rings. The fraction of sp³-hybridized carbons (Fsp3) is 0.231. The molecular formula is C26H28N4O6S. The second-order valence-electron chi connectivity index (χ2n) is 7.82. The third kappa shape index (κ3) is 7.45. The van der Waals surface area contributed by atoms with Gasteiger partial charge in [0.15, 0.2) is 12.3 Å². The van der Waals surface area contributed by atoms with E-state index < -0.39 is 29.7 Å². The Bertz CT molecular complexity index is 1370. The predicted octanol–water partition coefficient (Wildman–Crippen LogP) is 2.12. The molecule has 37 heavy (non-hydrogen) atoms. The molecule has 1 aromatic heterocycles. The SMILES string of the molecule is COCCN(C(=O)COC(=O)/C=C/c1ccc(SC)cc1)c1c(N)n(Cc2ccccc2)c(=O)[nH]c1=O. The van der Waals surface area contributed by atoms with E-state index >= 15 is 0 Å². The van der Waals surface area contributed by atoms with Gasteiger partial charge in [-0.1, -0.05) is 42.5 Å². The number of methoxy groups -OCH3 is 1. The summed E-state index contributed by atoms with van der Waals surface area (Å²) in [5.41, 5.74) is 6.01. The number of nitrogens with one attached hydrogen (secondary N) is 1. The van der Waals surface area contributed by atoms with Crippen molar-refractivity contribution in [2.24, 2.45) is 0 Å². The van der Waals surface area contributed by atoms with E-state index in [0.717, 1.165) is 25.5 Å². The van der Waals surface area contributed by atoms with Crippen LogP contribution in [0.15, 0.2) is 75.2 Å². The maximum Gasteiger partial charge on any atom is 0.331 e. The predicted molar refractivity (Wildman–Crippen MR) is 144 cm³/mol. The number of nitrogen functional groups attached to an aromatic ring is 1. The summed E-state index contributed by atoms with van der Waals surface area (Å²) in [6.07, 6.45) is 4.75. The average Bonchev–Trinajstić information content (AvgIpc) is 2.91. The first-order chi connectivity index (χ1) is 17.8. The molecule has 0 saturated carbocycles. The highest BCUT2D eigenvalue weighted by Crippen LogP contribution is 2.18. The van der Waals surface area contributed by atoms with Gasteiger partial charge in [0.25, 0.3) is 11.5 Å². The molecule has 3 rings (SSSR count). The number of esters is 1.